The van der Waals surface area contributed by atoms with Crippen LogP contribution < -0.4 is 16.2 Å². The number of halogens is 1. The third-order valence-corrected chi connectivity index (χ3v) is 1.94. The monoisotopic (exact) mass is 216 g/mol. The quantitative estimate of drug-likeness (QED) is 0.569. The minimum atomic E-state index is 0.134. The average Bonchev–Trinajstić information content (AvgIpc) is 2.19. The first kappa shape index (κ1) is 10.9. The first-order chi connectivity index (χ1) is 6.71. The highest BCUT2D eigenvalue weighted by Gasteiger charge is 2.08. The van der Waals surface area contributed by atoms with Gasteiger partial charge in [0, 0.05) is 13.1 Å². The van der Waals surface area contributed by atoms with Crippen molar-refractivity contribution in [1.29, 1.82) is 0 Å². The van der Waals surface area contributed by atoms with Crippen LogP contribution in [0.25, 0.3) is 0 Å². The molecule has 0 radical (unpaired) electrons. The first-order valence-electron chi connectivity index (χ1n) is 4.34. The van der Waals surface area contributed by atoms with Crippen LogP contribution >= 0.6 is 11.6 Å². The van der Waals surface area contributed by atoms with Gasteiger partial charge in [0.2, 0.25) is 17.2 Å². The maximum atomic E-state index is 5.70. The third-order valence-electron chi connectivity index (χ3n) is 1.77. The molecule has 0 aliphatic carbocycles. The molecule has 78 valence electrons. The Labute approximate surface area is 87.5 Å². The lowest BCUT2D eigenvalue weighted by atomic mass is 10.5. The van der Waals surface area contributed by atoms with Crippen LogP contribution in [0.1, 0.15) is 13.8 Å². The van der Waals surface area contributed by atoms with E-state index in [1.807, 2.05) is 18.7 Å². The van der Waals surface area contributed by atoms with E-state index in [2.05, 4.69) is 20.4 Å². The fraction of sp³-hybridized carbons (Fsp3) is 0.571. The van der Waals surface area contributed by atoms with Gasteiger partial charge in [0.15, 0.2) is 0 Å². The second-order valence-electron chi connectivity index (χ2n) is 2.54. The average molecular weight is 217 g/mol. The molecule has 0 spiro atoms. The number of hydrogen-bond acceptors (Lipinski definition) is 6. The minimum absolute atomic E-state index is 0.134. The summed E-state index contributed by atoms with van der Waals surface area (Å²) in [7, 11) is 0. The van der Waals surface area contributed by atoms with Gasteiger partial charge in [0.1, 0.15) is 0 Å². The van der Waals surface area contributed by atoms with Crippen LogP contribution in [0.4, 0.5) is 11.9 Å². The van der Waals surface area contributed by atoms with E-state index in [4.69, 9.17) is 17.4 Å². The van der Waals surface area contributed by atoms with Gasteiger partial charge in [-0.2, -0.15) is 15.0 Å². The zero-order chi connectivity index (χ0) is 10.6. The highest BCUT2D eigenvalue weighted by molar-refractivity contribution is 6.28. The summed E-state index contributed by atoms with van der Waals surface area (Å²) in [5.41, 5.74) is 2.34. The molecule has 0 saturated heterocycles. The summed E-state index contributed by atoms with van der Waals surface area (Å²) in [4.78, 5) is 13.8. The van der Waals surface area contributed by atoms with Crippen molar-refractivity contribution < 1.29 is 0 Å². The normalized spacial score (nSPS) is 10.0. The van der Waals surface area contributed by atoms with E-state index in [0.29, 0.717) is 5.95 Å². The van der Waals surface area contributed by atoms with Crippen LogP contribution in [0.15, 0.2) is 0 Å². The molecule has 14 heavy (non-hydrogen) atoms. The van der Waals surface area contributed by atoms with Crippen molar-refractivity contribution in [2.24, 2.45) is 5.84 Å². The Balaban J connectivity index is 3.01. The van der Waals surface area contributed by atoms with E-state index in [0.717, 1.165) is 13.1 Å². The number of anilines is 2. The summed E-state index contributed by atoms with van der Waals surface area (Å²) in [6.07, 6.45) is 0. The van der Waals surface area contributed by atoms with Crippen molar-refractivity contribution >= 4 is 23.5 Å². The molecule has 0 bridgehead atoms. The van der Waals surface area contributed by atoms with Crippen LogP contribution in [0, 0.1) is 0 Å². The first-order valence-corrected chi connectivity index (χ1v) is 4.72. The van der Waals surface area contributed by atoms with Crippen LogP contribution in [-0.2, 0) is 0 Å². The van der Waals surface area contributed by atoms with Gasteiger partial charge in [-0.05, 0) is 25.4 Å². The fourth-order valence-corrected chi connectivity index (χ4v) is 1.21. The number of rotatable bonds is 4. The summed E-state index contributed by atoms with van der Waals surface area (Å²) in [5, 5.41) is 0.134. The summed E-state index contributed by atoms with van der Waals surface area (Å²) in [6, 6.07) is 0. The lowest BCUT2D eigenvalue weighted by Gasteiger charge is -2.18. The number of nitrogens with one attached hydrogen (secondary N) is 1. The number of nitrogen functional groups attached to an aromatic ring is 1. The number of hydrogen-bond donors (Lipinski definition) is 2. The molecule has 0 saturated carbocycles. The molecule has 3 N–H and O–H groups in total. The van der Waals surface area contributed by atoms with Gasteiger partial charge in [-0.15, -0.1) is 0 Å². The number of nitrogens with two attached hydrogens (primary N) is 1. The van der Waals surface area contributed by atoms with E-state index in [9.17, 15) is 0 Å². The van der Waals surface area contributed by atoms with E-state index < -0.39 is 0 Å². The van der Waals surface area contributed by atoms with Crippen LogP contribution in [0.5, 0.6) is 0 Å². The van der Waals surface area contributed by atoms with Gasteiger partial charge in [-0.3, -0.25) is 5.43 Å². The second kappa shape index (κ2) is 4.92. The SMILES string of the molecule is CCN(CC)c1nc(Cl)nc(NN)n1. The standard InChI is InChI=1S/C7H13ClN6/c1-3-14(4-2)7-11-5(8)10-6(12-7)13-9/h3-4,9H2,1-2H3,(H,10,11,12,13). The molecule has 0 atom stereocenters. The number of aromatic nitrogens is 3. The van der Waals surface area contributed by atoms with Crippen molar-refractivity contribution in [2.45, 2.75) is 13.8 Å². The van der Waals surface area contributed by atoms with Crippen LogP contribution in [0.3, 0.4) is 0 Å². The predicted molar refractivity (Wildman–Crippen MR) is 56.2 cm³/mol. The Morgan fingerprint density at radius 1 is 1.29 bits per heavy atom. The molecular weight excluding hydrogens is 204 g/mol. The Kier molecular flexibility index (Phi) is 3.84. The largest absolute Gasteiger partial charge is 0.341 e. The topological polar surface area (TPSA) is 80.0 Å². The summed E-state index contributed by atoms with van der Waals surface area (Å²) >= 11 is 5.70. The Bertz CT molecular complexity index is 300. The van der Waals surface area contributed by atoms with Gasteiger partial charge < -0.3 is 4.90 Å². The highest BCUT2D eigenvalue weighted by Crippen LogP contribution is 2.12. The zero-order valence-corrected chi connectivity index (χ0v) is 8.91. The van der Waals surface area contributed by atoms with E-state index >= 15 is 0 Å². The van der Waals surface area contributed by atoms with E-state index in [-0.39, 0.29) is 11.2 Å². The van der Waals surface area contributed by atoms with Gasteiger partial charge in [-0.1, -0.05) is 0 Å². The highest BCUT2D eigenvalue weighted by atomic mass is 35.5. The lowest BCUT2D eigenvalue weighted by molar-refractivity contribution is 0.812. The molecule has 0 fully saturated rings. The van der Waals surface area contributed by atoms with Crippen molar-refractivity contribution in [3.63, 3.8) is 0 Å². The van der Waals surface area contributed by atoms with Crippen molar-refractivity contribution in [1.82, 2.24) is 15.0 Å². The molecule has 7 heteroatoms. The molecule has 1 aromatic heterocycles. The lowest BCUT2D eigenvalue weighted by Crippen LogP contribution is -2.25. The molecule has 1 aromatic rings. The van der Waals surface area contributed by atoms with Gasteiger partial charge in [0.05, 0.1) is 0 Å². The molecule has 1 heterocycles. The van der Waals surface area contributed by atoms with Crippen molar-refractivity contribution in [2.75, 3.05) is 23.4 Å². The summed E-state index contributed by atoms with van der Waals surface area (Å²) in [5.74, 6) is 5.99. The summed E-state index contributed by atoms with van der Waals surface area (Å²) < 4.78 is 0. The zero-order valence-electron chi connectivity index (χ0n) is 8.16. The Morgan fingerprint density at radius 2 is 1.93 bits per heavy atom. The number of nitrogens with zero attached hydrogens (tertiary/aromatic N) is 4. The minimum Gasteiger partial charge on any atom is -0.341 e. The molecule has 0 unspecified atom stereocenters. The second-order valence-corrected chi connectivity index (χ2v) is 2.88. The van der Waals surface area contributed by atoms with Crippen molar-refractivity contribution in [3.8, 4) is 0 Å². The van der Waals surface area contributed by atoms with Crippen LogP contribution in [0.2, 0.25) is 5.28 Å². The molecule has 0 aromatic carbocycles. The van der Waals surface area contributed by atoms with E-state index in [1.165, 1.54) is 0 Å². The molecule has 0 aliphatic heterocycles. The molecule has 1 rings (SSSR count). The van der Waals surface area contributed by atoms with Crippen molar-refractivity contribution in [3.05, 3.63) is 5.28 Å². The van der Waals surface area contributed by atoms with Gasteiger partial charge >= 0.3 is 0 Å². The number of hydrazine groups is 1. The maximum absolute atomic E-state index is 5.70. The van der Waals surface area contributed by atoms with Gasteiger partial charge in [0.25, 0.3) is 0 Å². The molecule has 6 nitrogen and oxygen atoms in total. The summed E-state index contributed by atoms with van der Waals surface area (Å²) in [6.45, 7) is 5.63. The smallest absolute Gasteiger partial charge is 0.243 e. The van der Waals surface area contributed by atoms with Crippen LogP contribution in [-0.4, -0.2) is 28.0 Å². The Hall–Kier alpha value is -1.14. The predicted octanol–water partition coefficient (Wildman–Crippen LogP) is 0.657. The molecule has 0 aliphatic rings. The third kappa shape index (κ3) is 2.43. The Morgan fingerprint density at radius 3 is 2.43 bits per heavy atom. The fourth-order valence-electron chi connectivity index (χ4n) is 1.05. The molecule has 0 amide bonds. The maximum Gasteiger partial charge on any atom is 0.243 e. The van der Waals surface area contributed by atoms with E-state index in [1.54, 1.807) is 0 Å². The molecular formula is C7H13ClN6. The van der Waals surface area contributed by atoms with Gasteiger partial charge in [-0.25, -0.2) is 5.84 Å².